The molecule has 2 heterocycles. The average molecular weight is 270 g/mol. The number of aromatic nitrogens is 2. The molecule has 0 bridgehead atoms. The number of aromatic amines is 1. The van der Waals surface area contributed by atoms with E-state index in [1.807, 2.05) is 12.1 Å². The molecule has 6 nitrogen and oxygen atoms in total. The maximum absolute atomic E-state index is 12.1. The van der Waals surface area contributed by atoms with Crippen molar-refractivity contribution >= 4 is 22.5 Å². The molecule has 0 saturated carbocycles. The van der Waals surface area contributed by atoms with E-state index < -0.39 is 0 Å². The van der Waals surface area contributed by atoms with Gasteiger partial charge >= 0.3 is 0 Å². The van der Waals surface area contributed by atoms with E-state index in [0.717, 1.165) is 10.9 Å². The van der Waals surface area contributed by atoms with Gasteiger partial charge in [-0.2, -0.15) is 0 Å². The Morgan fingerprint density at radius 3 is 3.00 bits per heavy atom. The molecular formula is C14H14N4O2. The number of amides is 1. The Balaban J connectivity index is 1.77. The topological polar surface area (TPSA) is 96.9 Å². The summed E-state index contributed by atoms with van der Waals surface area (Å²) in [5.74, 6) is 0.508. The maximum Gasteiger partial charge on any atom is 0.268 e. The van der Waals surface area contributed by atoms with Gasteiger partial charge in [0, 0.05) is 11.5 Å². The second kappa shape index (κ2) is 4.73. The zero-order valence-corrected chi connectivity index (χ0v) is 10.9. The molecule has 0 saturated heterocycles. The molecular weight excluding hydrogens is 256 g/mol. The summed E-state index contributed by atoms with van der Waals surface area (Å²) in [6.45, 7) is 2.12. The molecule has 1 aromatic carbocycles. The molecule has 20 heavy (non-hydrogen) atoms. The van der Waals surface area contributed by atoms with Crippen LogP contribution in [0.1, 0.15) is 21.9 Å². The van der Waals surface area contributed by atoms with E-state index in [1.165, 1.54) is 0 Å². The molecule has 0 atom stereocenters. The number of nitrogens with zero attached hydrogens (tertiary/aromatic N) is 1. The van der Waals surface area contributed by atoms with Gasteiger partial charge in [0.25, 0.3) is 5.91 Å². The largest absolute Gasteiger partial charge is 0.397 e. The van der Waals surface area contributed by atoms with Crippen LogP contribution in [-0.4, -0.2) is 16.0 Å². The van der Waals surface area contributed by atoms with Crippen LogP contribution >= 0.6 is 0 Å². The molecule has 0 radical (unpaired) electrons. The highest BCUT2D eigenvalue weighted by molar-refractivity contribution is 6.00. The molecule has 1 amide bonds. The minimum absolute atomic E-state index is 0.207. The number of hydrogen-bond acceptors (Lipinski definition) is 4. The molecule has 4 N–H and O–H groups in total. The van der Waals surface area contributed by atoms with Crippen LogP contribution in [0.3, 0.4) is 0 Å². The van der Waals surface area contributed by atoms with Crippen molar-refractivity contribution in [2.75, 3.05) is 5.73 Å². The monoisotopic (exact) mass is 270 g/mol. The van der Waals surface area contributed by atoms with E-state index in [4.69, 9.17) is 10.3 Å². The van der Waals surface area contributed by atoms with Gasteiger partial charge in [-0.05, 0) is 19.1 Å². The average Bonchev–Trinajstić information content (AvgIpc) is 3.03. The molecule has 0 spiro atoms. The second-order valence-electron chi connectivity index (χ2n) is 4.61. The maximum atomic E-state index is 12.1. The van der Waals surface area contributed by atoms with Crippen molar-refractivity contribution in [3.8, 4) is 0 Å². The smallest absolute Gasteiger partial charge is 0.268 e. The van der Waals surface area contributed by atoms with Crippen LogP contribution in [0.25, 0.3) is 10.9 Å². The first-order valence-electron chi connectivity index (χ1n) is 6.21. The van der Waals surface area contributed by atoms with Crippen molar-refractivity contribution in [1.82, 2.24) is 15.5 Å². The van der Waals surface area contributed by atoms with Gasteiger partial charge in [0.1, 0.15) is 17.1 Å². The first-order valence-corrected chi connectivity index (χ1v) is 6.21. The fourth-order valence-corrected chi connectivity index (χ4v) is 2.07. The Hall–Kier alpha value is -2.76. The van der Waals surface area contributed by atoms with Crippen molar-refractivity contribution in [3.63, 3.8) is 0 Å². The number of benzene rings is 1. The number of carbonyl (C=O) groups excluding carboxylic acids is 1. The van der Waals surface area contributed by atoms with Gasteiger partial charge in [-0.25, -0.2) is 0 Å². The highest BCUT2D eigenvalue weighted by atomic mass is 16.5. The minimum atomic E-state index is -0.207. The SMILES string of the molecule is Cc1cc(CNC(=O)c2cc3cccc(N)c3[nH]2)no1. The number of para-hydroxylation sites is 1. The number of nitrogens with two attached hydrogens (primary N) is 1. The molecule has 3 aromatic rings. The van der Waals surface area contributed by atoms with Crippen LogP contribution in [0.4, 0.5) is 5.69 Å². The lowest BCUT2D eigenvalue weighted by Gasteiger charge is -2.00. The predicted octanol–water partition coefficient (Wildman–Crippen LogP) is 1.98. The van der Waals surface area contributed by atoms with Gasteiger partial charge in [0.2, 0.25) is 0 Å². The third kappa shape index (κ3) is 2.23. The van der Waals surface area contributed by atoms with Crippen molar-refractivity contribution in [2.45, 2.75) is 13.5 Å². The summed E-state index contributed by atoms with van der Waals surface area (Å²) in [6, 6.07) is 9.10. The van der Waals surface area contributed by atoms with Gasteiger partial charge in [-0.3, -0.25) is 4.79 Å². The number of H-pyrrole nitrogens is 1. The molecule has 0 unspecified atom stereocenters. The lowest BCUT2D eigenvalue weighted by atomic mass is 10.2. The number of anilines is 1. The second-order valence-corrected chi connectivity index (χ2v) is 4.61. The Morgan fingerprint density at radius 1 is 1.45 bits per heavy atom. The summed E-state index contributed by atoms with van der Waals surface area (Å²) in [5.41, 5.74) is 8.40. The number of aryl methyl sites for hydroxylation is 1. The van der Waals surface area contributed by atoms with Gasteiger partial charge < -0.3 is 20.6 Å². The van der Waals surface area contributed by atoms with Crippen molar-refractivity contribution in [2.24, 2.45) is 0 Å². The molecule has 0 aliphatic carbocycles. The third-order valence-corrected chi connectivity index (χ3v) is 3.04. The Bertz CT molecular complexity index is 772. The van der Waals surface area contributed by atoms with E-state index in [2.05, 4.69) is 15.5 Å². The summed E-state index contributed by atoms with van der Waals surface area (Å²) in [4.78, 5) is 15.1. The highest BCUT2D eigenvalue weighted by Gasteiger charge is 2.11. The van der Waals surface area contributed by atoms with Crippen LogP contribution in [-0.2, 0) is 6.54 Å². The number of nitrogens with one attached hydrogen (secondary N) is 2. The zero-order valence-electron chi connectivity index (χ0n) is 10.9. The van der Waals surface area contributed by atoms with E-state index in [-0.39, 0.29) is 5.91 Å². The van der Waals surface area contributed by atoms with Crippen LogP contribution < -0.4 is 11.1 Å². The molecule has 6 heteroatoms. The highest BCUT2D eigenvalue weighted by Crippen LogP contribution is 2.21. The summed E-state index contributed by atoms with van der Waals surface area (Å²) in [7, 11) is 0. The molecule has 0 fully saturated rings. The normalized spacial score (nSPS) is 10.8. The number of nitrogen functional groups attached to an aromatic ring is 1. The van der Waals surface area contributed by atoms with Gasteiger partial charge in [0.05, 0.1) is 17.7 Å². The third-order valence-electron chi connectivity index (χ3n) is 3.04. The number of rotatable bonds is 3. The van der Waals surface area contributed by atoms with Crippen LogP contribution in [0, 0.1) is 6.92 Å². The van der Waals surface area contributed by atoms with E-state index in [9.17, 15) is 4.79 Å². The Kier molecular flexibility index (Phi) is 2.90. The van der Waals surface area contributed by atoms with Crippen LogP contribution in [0.15, 0.2) is 34.9 Å². The number of fused-ring (bicyclic) bond motifs is 1. The van der Waals surface area contributed by atoms with E-state index >= 15 is 0 Å². The molecule has 0 aliphatic heterocycles. The minimum Gasteiger partial charge on any atom is -0.397 e. The van der Waals surface area contributed by atoms with Gasteiger partial charge in [-0.1, -0.05) is 17.3 Å². The lowest BCUT2D eigenvalue weighted by Crippen LogP contribution is -2.23. The Labute approximate surface area is 114 Å². The summed E-state index contributed by atoms with van der Waals surface area (Å²) >= 11 is 0. The first kappa shape index (κ1) is 12.3. The van der Waals surface area contributed by atoms with Crippen molar-refractivity contribution < 1.29 is 9.32 Å². The van der Waals surface area contributed by atoms with Crippen LogP contribution in [0.2, 0.25) is 0 Å². The van der Waals surface area contributed by atoms with E-state index in [0.29, 0.717) is 29.4 Å². The molecule has 3 rings (SSSR count). The fraction of sp³-hybridized carbons (Fsp3) is 0.143. The molecule has 2 aromatic heterocycles. The first-order chi connectivity index (χ1) is 9.63. The zero-order chi connectivity index (χ0) is 14.1. The lowest BCUT2D eigenvalue weighted by molar-refractivity contribution is 0.0946. The Morgan fingerprint density at radius 2 is 2.30 bits per heavy atom. The quantitative estimate of drug-likeness (QED) is 0.634. The molecule has 102 valence electrons. The molecule has 0 aliphatic rings. The fourth-order valence-electron chi connectivity index (χ4n) is 2.07. The summed E-state index contributed by atoms with van der Waals surface area (Å²) in [5, 5.41) is 7.50. The summed E-state index contributed by atoms with van der Waals surface area (Å²) in [6.07, 6.45) is 0. The van der Waals surface area contributed by atoms with Gasteiger partial charge in [0.15, 0.2) is 0 Å². The van der Waals surface area contributed by atoms with Crippen molar-refractivity contribution in [1.29, 1.82) is 0 Å². The number of carbonyl (C=O) groups is 1. The number of hydrogen-bond donors (Lipinski definition) is 3. The van der Waals surface area contributed by atoms with E-state index in [1.54, 1.807) is 25.1 Å². The summed E-state index contributed by atoms with van der Waals surface area (Å²) < 4.78 is 4.94. The van der Waals surface area contributed by atoms with Crippen LogP contribution in [0.5, 0.6) is 0 Å². The van der Waals surface area contributed by atoms with Crippen molar-refractivity contribution in [3.05, 3.63) is 47.5 Å². The standard InChI is InChI=1S/C14H14N4O2/c1-8-5-10(18-20-8)7-16-14(19)12-6-9-3-2-4-11(15)13(9)17-12/h2-6,17H,7,15H2,1H3,(H,16,19). The van der Waals surface area contributed by atoms with Gasteiger partial charge in [-0.15, -0.1) is 0 Å². The predicted molar refractivity (Wildman–Crippen MR) is 75.1 cm³/mol.